The zero-order chi connectivity index (χ0) is 31.8. The van der Waals surface area contributed by atoms with E-state index in [-0.39, 0.29) is 18.1 Å². The minimum atomic E-state index is -3.77. The van der Waals surface area contributed by atoms with Crippen LogP contribution >= 0.6 is 0 Å². The van der Waals surface area contributed by atoms with Gasteiger partial charge in [0.1, 0.15) is 6.61 Å². The van der Waals surface area contributed by atoms with Crippen molar-refractivity contribution in [1.82, 2.24) is 0 Å². The highest BCUT2D eigenvalue weighted by atomic mass is 32.2. The van der Waals surface area contributed by atoms with Crippen molar-refractivity contribution in [3.05, 3.63) is 29.8 Å². The summed E-state index contributed by atoms with van der Waals surface area (Å²) in [6.45, 7) is 10.6. The van der Waals surface area contributed by atoms with E-state index in [1.807, 2.05) is 6.92 Å². The highest BCUT2D eigenvalue weighted by Crippen LogP contribution is 2.12. The first kappa shape index (κ1) is 40.3. The Morgan fingerprint density at radius 3 is 1.05 bits per heavy atom. The van der Waals surface area contributed by atoms with Crippen molar-refractivity contribution in [2.75, 3.05) is 139 Å². The van der Waals surface area contributed by atoms with Gasteiger partial charge in [-0.1, -0.05) is 23.6 Å². The van der Waals surface area contributed by atoms with Gasteiger partial charge in [0.15, 0.2) is 0 Å². The molecule has 0 aliphatic carbocycles. The van der Waals surface area contributed by atoms with Crippen LogP contribution in [0.25, 0.3) is 0 Å². The zero-order valence-electron chi connectivity index (χ0n) is 26.0. The van der Waals surface area contributed by atoms with Crippen LogP contribution in [0.5, 0.6) is 0 Å². The van der Waals surface area contributed by atoms with Crippen LogP contribution in [0.3, 0.4) is 0 Å². The predicted octanol–water partition coefficient (Wildman–Crippen LogP) is 1.50. The molecule has 13 nitrogen and oxygen atoms in total. The van der Waals surface area contributed by atoms with Gasteiger partial charge in [0, 0.05) is 0 Å². The zero-order valence-corrected chi connectivity index (χ0v) is 26.8. The second-order valence-electron chi connectivity index (χ2n) is 8.86. The van der Waals surface area contributed by atoms with Gasteiger partial charge in [0.25, 0.3) is 10.1 Å². The third-order valence-corrected chi connectivity index (χ3v) is 6.64. The molecule has 0 N–H and O–H groups in total. The Labute approximate surface area is 262 Å². The van der Waals surface area contributed by atoms with Gasteiger partial charge in [-0.05, 0) is 19.1 Å². The average molecular weight is 651 g/mol. The Balaban J connectivity index is 1.69. The average Bonchev–Trinajstić information content (AvgIpc) is 3.02. The molecule has 1 aromatic carbocycles. The second kappa shape index (κ2) is 30.0. The molecule has 0 amide bonds. The quantitative estimate of drug-likeness (QED) is 0.0618. The third kappa shape index (κ3) is 25.6. The standard InChI is InChI=1S/C30H50O13S/c1-3-8-33-9-10-34-11-12-35-13-14-36-15-16-37-17-18-38-19-20-39-21-22-40-23-24-41-25-26-42-27-28-43-44(31,32)30-6-4-29(2)5-7-30/h1,4-7H,8-28H2,2H3. The van der Waals surface area contributed by atoms with Gasteiger partial charge < -0.3 is 47.4 Å². The summed E-state index contributed by atoms with van der Waals surface area (Å²) in [4.78, 5) is 0.127. The predicted molar refractivity (Wildman–Crippen MR) is 161 cm³/mol. The molecule has 0 spiro atoms. The number of benzene rings is 1. The van der Waals surface area contributed by atoms with E-state index >= 15 is 0 Å². The van der Waals surface area contributed by atoms with Crippen molar-refractivity contribution in [3.63, 3.8) is 0 Å². The van der Waals surface area contributed by atoms with E-state index in [1.165, 1.54) is 12.1 Å². The third-order valence-electron chi connectivity index (χ3n) is 5.31. The lowest BCUT2D eigenvalue weighted by Gasteiger charge is -2.09. The van der Waals surface area contributed by atoms with Crippen LogP contribution in [-0.2, 0) is 61.7 Å². The van der Waals surface area contributed by atoms with Gasteiger partial charge in [-0.15, -0.1) is 6.42 Å². The number of ether oxygens (including phenoxy) is 10. The van der Waals surface area contributed by atoms with Crippen molar-refractivity contribution in [2.45, 2.75) is 11.8 Å². The van der Waals surface area contributed by atoms with Crippen LogP contribution in [0.1, 0.15) is 5.56 Å². The molecular formula is C30H50O13S. The highest BCUT2D eigenvalue weighted by molar-refractivity contribution is 7.86. The van der Waals surface area contributed by atoms with E-state index in [0.29, 0.717) is 126 Å². The Bertz CT molecular complexity index is 907. The minimum Gasteiger partial charge on any atom is -0.377 e. The minimum absolute atomic E-state index is 0.0598. The van der Waals surface area contributed by atoms with Crippen molar-refractivity contribution >= 4 is 10.1 Å². The Kier molecular flexibility index (Phi) is 27.5. The molecule has 0 fully saturated rings. The number of aryl methyl sites for hydroxylation is 1. The molecule has 1 rings (SSSR count). The molecule has 0 saturated heterocycles. The largest absolute Gasteiger partial charge is 0.377 e. The molecule has 0 aliphatic heterocycles. The number of terminal acetylenes is 1. The number of hydrogen-bond acceptors (Lipinski definition) is 13. The summed E-state index contributed by atoms with van der Waals surface area (Å²) in [6, 6.07) is 6.48. The topological polar surface area (TPSA) is 136 Å². The first-order valence-electron chi connectivity index (χ1n) is 14.7. The Morgan fingerprint density at radius 2 is 0.750 bits per heavy atom. The molecule has 0 saturated carbocycles. The molecule has 0 aliphatic rings. The molecule has 254 valence electrons. The molecule has 1 aromatic rings. The van der Waals surface area contributed by atoms with E-state index in [1.54, 1.807) is 12.1 Å². The Hall–Kier alpha value is -1.71. The van der Waals surface area contributed by atoms with Crippen LogP contribution in [0.4, 0.5) is 0 Å². The maximum atomic E-state index is 12.1. The fraction of sp³-hybridized carbons (Fsp3) is 0.733. The second-order valence-corrected chi connectivity index (χ2v) is 10.5. The van der Waals surface area contributed by atoms with Crippen molar-refractivity contribution in [2.24, 2.45) is 0 Å². The molecule has 0 radical (unpaired) electrons. The van der Waals surface area contributed by atoms with Crippen LogP contribution < -0.4 is 0 Å². The summed E-state index contributed by atoms with van der Waals surface area (Å²) in [5.41, 5.74) is 0.974. The summed E-state index contributed by atoms with van der Waals surface area (Å²) in [6.07, 6.45) is 5.07. The molecule has 0 unspecified atom stereocenters. The lowest BCUT2D eigenvalue weighted by Crippen LogP contribution is -2.15. The maximum Gasteiger partial charge on any atom is 0.297 e. The van der Waals surface area contributed by atoms with Crippen LogP contribution in [0.15, 0.2) is 29.2 Å². The van der Waals surface area contributed by atoms with E-state index in [9.17, 15) is 8.42 Å². The van der Waals surface area contributed by atoms with E-state index < -0.39 is 10.1 Å². The summed E-state index contributed by atoms with van der Waals surface area (Å²) < 4.78 is 82.8. The van der Waals surface area contributed by atoms with Crippen LogP contribution in [-0.4, -0.2) is 147 Å². The lowest BCUT2D eigenvalue weighted by molar-refractivity contribution is -0.0263. The maximum absolute atomic E-state index is 12.1. The van der Waals surface area contributed by atoms with Crippen molar-refractivity contribution < 1.29 is 60.0 Å². The normalized spacial score (nSPS) is 11.6. The van der Waals surface area contributed by atoms with E-state index in [2.05, 4.69) is 5.92 Å². The number of hydrogen-bond donors (Lipinski definition) is 0. The molecule has 0 atom stereocenters. The molecule has 44 heavy (non-hydrogen) atoms. The first-order valence-corrected chi connectivity index (χ1v) is 16.1. The summed E-state index contributed by atoms with van der Waals surface area (Å²) >= 11 is 0. The van der Waals surface area contributed by atoms with Gasteiger partial charge in [-0.3, -0.25) is 4.18 Å². The van der Waals surface area contributed by atoms with E-state index in [0.717, 1.165) is 5.56 Å². The lowest BCUT2D eigenvalue weighted by atomic mass is 10.2. The van der Waals surface area contributed by atoms with Gasteiger partial charge in [-0.2, -0.15) is 8.42 Å². The fourth-order valence-corrected chi connectivity index (χ4v) is 3.98. The Morgan fingerprint density at radius 1 is 0.477 bits per heavy atom. The van der Waals surface area contributed by atoms with Crippen molar-refractivity contribution in [3.8, 4) is 12.3 Å². The monoisotopic (exact) mass is 650 g/mol. The smallest absolute Gasteiger partial charge is 0.297 e. The molecule has 14 heteroatoms. The summed E-state index contributed by atoms with van der Waals surface area (Å²) in [7, 11) is -3.77. The SMILES string of the molecule is C#CCOCCOCCOCCOCCOCCOCCOCCOCCOCCOCCOS(=O)(=O)c1ccc(C)cc1. The highest BCUT2D eigenvalue weighted by Gasteiger charge is 2.14. The van der Waals surface area contributed by atoms with Crippen molar-refractivity contribution in [1.29, 1.82) is 0 Å². The first-order chi connectivity index (χ1) is 21.6. The molecule has 0 bridgehead atoms. The van der Waals surface area contributed by atoms with Crippen LogP contribution in [0.2, 0.25) is 0 Å². The summed E-state index contributed by atoms with van der Waals surface area (Å²) in [5.74, 6) is 2.39. The molecular weight excluding hydrogens is 600 g/mol. The molecule has 0 aromatic heterocycles. The van der Waals surface area contributed by atoms with Gasteiger partial charge in [0.2, 0.25) is 0 Å². The fourth-order valence-electron chi connectivity index (χ4n) is 3.09. The summed E-state index contributed by atoms with van der Waals surface area (Å²) in [5, 5.41) is 0. The molecule has 0 heterocycles. The van der Waals surface area contributed by atoms with Gasteiger partial charge in [0.05, 0.1) is 137 Å². The van der Waals surface area contributed by atoms with E-state index in [4.69, 9.17) is 58.0 Å². The number of rotatable bonds is 33. The van der Waals surface area contributed by atoms with Crippen LogP contribution in [0, 0.1) is 19.3 Å². The van der Waals surface area contributed by atoms with Gasteiger partial charge in [-0.25, -0.2) is 0 Å². The van der Waals surface area contributed by atoms with Gasteiger partial charge >= 0.3 is 0 Å².